The van der Waals surface area contributed by atoms with E-state index in [4.69, 9.17) is 5.73 Å². The normalized spacial score (nSPS) is 12.6. The van der Waals surface area contributed by atoms with E-state index in [0.717, 1.165) is 11.4 Å². The quantitative estimate of drug-likeness (QED) is 0.735. The average molecular weight is 195 g/mol. The molecule has 0 saturated heterocycles. The van der Waals surface area contributed by atoms with Crippen LogP contribution in [0.2, 0.25) is 0 Å². The highest BCUT2D eigenvalue weighted by Crippen LogP contribution is 2.16. The van der Waals surface area contributed by atoms with Gasteiger partial charge in [-0.25, -0.2) is 4.98 Å². The molecule has 1 aromatic heterocycles. The molecule has 3 N–H and O–H groups in total. The van der Waals surface area contributed by atoms with Gasteiger partial charge in [0, 0.05) is 20.3 Å². The lowest BCUT2D eigenvalue weighted by molar-refractivity contribution is 0.170. The maximum absolute atomic E-state index is 9.62. The fraction of sp³-hybridized carbons (Fsp3) is 0.500. The number of pyridine rings is 1. The van der Waals surface area contributed by atoms with Crippen molar-refractivity contribution in [3.63, 3.8) is 0 Å². The van der Waals surface area contributed by atoms with Crippen molar-refractivity contribution in [2.45, 2.75) is 12.5 Å². The molecule has 1 aromatic rings. The van der Waals surface area contributed by atoms with Gasteiger partial charge in [0.15, 0.2) is 0 Å². The third-order valence-electron chi connectivity index (χ3n) is 2.05. The summed E-state index contributed by atoms with van der Waals surface area (Å²) in [6.07, 6.45) is 1.77. The van der Waals surface area contributed by atoms with E-state index in [2.05, 4.69) is 4.98 Å². The van der Waals surface area contributed by atoms with Gasteiger partial charge in [-0.2, -0.15) is 0 Å². The number of aromatic nitrogens is 1. The number of nitrogens with zero attached hydrogens (tertiary/aromatic N) is 2. The number of aliphatic hydroxyl groups is 1. The van der Waals surface area contributed by atoms with E-state index in [9.17, 15) is 5.11 Å². The predicted molar refractivity (Wildman–Crippen MR) is 57.2 cm³/mol. The van der Waals surface area contributed by atoms with E-state index in [1.807, 2.05) is 31.1 Å². The third-order valence-corrected chi connectivity index (χ3v) is 2.05. The van der Waals surface area contributed by atoms with Gasteiger partial charge in [-0.3, -0.25) is 0 Å². The summed E-state index contributed by atoms with van der Waals surface area (Å²) in [7, 11) is 3.86. The Kier molecular flexibility index (Phi) is 3.85. The number of hydrogen-bond donors (Lipinski definition) is 2. The van der Waals surface area contributed by atoms with E-state index in [-0.39, 0.29) is 0 Å². The molecule has 4 heteroatoms. The van der Waals surface area contributed by atoms with Crippen LogP contribution in [0, 0.1) is 0 Å². The molecule has 78 valence electrons. The highest BCUT2D eigenvalue weighted by atomic mass is 16.3. The largest absolute Gasteiger partial charge is 0.388 e. The molecule has 0 aliphatic rings. The van der Waals surface area contributed by atoms with Crippen molar-refractivity contribution in [1.29, 1.82) is 0 Å². The fourth-order valence-electron chi connectivity index (χ4n) is 1.18. The molecule has 0 spiro atoms. The molecule has 0 unspecified atom stereocenters. The Morgan fingerprint density at radius 1 is 1.50 bits per heavy atom. The van der Waals surface area contributed by atoms with E-state index < -0.39 is 6.10 Å². The van der Waals surface area contributed by atoms with Crippen molar-refractivity contribution in [2.24, 2.45) is 5.73 Å². The molecule has 0 amide bonds. The van der Waals surface area contributed by atoms with Gasteiger partial charge in [-0.05, 0) is 24.6 Å². The Hall–Kier alpha value is -1.13. The first-order valence-electron chi connectivity index (χ1n) is 4.66. The molecule has 1 heterocycles. The van der Waals surface area contributed by atoms with E-state index >= 15 is 0 Å². The second-order valence-electron chi connectivity index (χ2n) is 3.44. The molecule has 0 fully saturated rings. The van der Waals surface area contributed by atoms with Gasteiger partial charge in [-0.1, -0.05) is 6.07 Å². The van der Waals surface area contributed by atoms with Gasteiger partial charge in [-0.15, -0.1) is 0 Å². The highest BCUT2D eigenvalue weighted by Gasteiger charge is 2.06. The Balaban J connectivity index is 2.72. The summed E-state index contributed by atoms with van der Waals surface area (Å²) in [6, 6.07) is 3.76. The molecule has 1 atom stereocenters. The monoisotopic (exact) mass is 195 g/mol. The fourth-order valence-corrected chi connectivity index (χ4v) is 1.18. The number of aliphatic hydroxyl groups excluding tert-OH is 1. The van der Waals surface area contributed by atoms with Crippen LogP contribution in [-0.2, 0) is 0 Å². The van der Waals surface area contributed by atoms with Crippen LogP contribution >= 0.6 is 0 Å². The number of nitrogens with two attached hydrogens (primary N) is 1. The summed E-state index contributed by atoms with van der Waals surface area (Å²) in [5.74, 6) is 0.883. The van der Waals surface area contributed by atoms with E-state index in [1.54, 1.807) is 6.20 Å². The molecule has 14 heavy (non-hydrogen) atoms. The van der Waals surface area contributed by atoms with Gasteiger partial charge < -0.3 is 15.7 Å². The zero-order chi connectivity index (χ0) is 10.6. The summed E-state index contributed by atoms with van der Waals surface area (Å²) >= 11 is 0. The number of hydrogen-bond acceptors (Lipinski definition) is 4. The van der Waals surface area contributed by atoms with Crippen LogP contribution < -0.4 is 10.6 Å². The lowest BCUT2D eigenvalue weighted by Crippen LogP contribution is -2.11. The Morgan fingerprint density at radius 2 is 2.21 bits per heavy atom. The van der Waals surface area contributed by atoms with Crippen LogP contribution in [0.3, 0.4) is 0 Å². The van der Waals surface area contributed by atoms with Crippen LogP contribution in [0.25, 0.3) is 0 Å². The number of rotatable bonds is 4. The third kappa shape index (κ3) is 2.68. The summed E-state index contributed by atoms with van der Waals surface area (Å²) < 4.78 is 0. The summed E-state index contributed by atoms with van der Waals surface area (Å²) in [5, 5.41) is 9.62. The Bertz CT molecular complexity index is 271. The Morgan fingerprint density at radius 3 is 2.64 bits per heavy atom. The lowest BCUT2D eigenvalue weighted by Gasteiger charge is -2.13. The smallest absolute Gasteiger partial charge is 0.127 e. The topological polar surface area (TPSA) is 62.4 Å². The molecule has 0 aliphatic carbocycles. The minimum Gasteiger partial charge on any atom is -0.388 e. The van der Waals surface area contributed by atoms with Crippen LogP contribution in [0.4, 0.5) is 5.82 Å². The van der Waals surface area contributed by atoms with Crippen molar-refractivity contribution >= 4 is 5.82 Å². The van der Waals surface area contributed by atoms with Crippen molar-refractivity contribution in [1.82, 2.24) is 4.98 Å². The molecular weight excluding hydrogens is 178 g/mol. The van der Waals surface area contributed by atoms with Gasteiger partial charge >= 0.3 is 0 Å². The van der Waals surface area contributed by atoms with Crippen molar-refractivity contribution in [3.05, 3.63) is 23.9 Å². The van der Waals surface area contributed by atoms with Crippen molar-refractivity contribution in [2.75, 3.05) is 25.5 Å². The second-order valence-corrected chi connectivity index (χ2v) is 3.44. The predicted octanol–water partition coefficient (Wildman–Crippen LogP) is 0.530. The van der Waals surface area contributed by atoms with Crippen molar-refractivity contribution < 1.29 is 5.11 Å². The standard InChI is InChI=1S/C10H17N3O/c1-13(2)10-4-3-8(7-12-10)9(14)5-6-11/h3-4,7,9,14H,5-6,11H2,1-2H3/t9-/m1/s1. The van der Waals surface area contributed by atoms with Crippen LogP contribution in [-0.4, -0.2) is 30.7 Å². The Labute approximate surface area is 84.4 Å². The maximum Gasteiger partial charge on any atom is 0.127 e. The van der Waals surface area contributed by atoms with Gasteiger partial charge in [0.2, 0.25) is 0 Å². The van der Waals surface area contributed by atoms with Gasteiger partial charge in [0.1, 0.15) is 5.82 Å². The minimum atomic E-state index is -0.497. The zero-order valence-corrected chi connectivity index (χ0v) is 8.64. The van der Waals surface area contributed by atoms with Gasteiger partial charge in [0.25, 0.3) is 0 Å². The van der Waals surface area contributed by atoms with Crippen molar-refractivity contribution in [3.8, 4) is 0 Å². The molecule has 4 nitrogen and oxygen atoms in total. The van der Waals surface area contributed by atoms with Crippen LogP contribution in [0.15, 0.2) is 18.3 Å². The summed E-state index contributed by atoms with van der Waals surface area (Å²) in [6.45, 7) is 0.483. The number of anilines is 1. The molecule has 0 aliphatic heterocycles. The molecule has 1 rings (SSSR count). The molecular formula is C10H17N3O. The molecule has 0 aromatic carbocycles. The van der Waals surface area contributed by atoms with E-state index in [1.165, 1.54) is 0 Å². The van der Waals surface area contributed by atoms with E-state index in [0.29, 0.717) is 13.0 Å². The first-order valence-corrected chi connectivity index (χ1v) is 4.66. The first kappa shape index (κ1) is 10.9. The van der Waals surface area contributed by atoms with Crippen LogP contribution in [0.5, 0.6) is 0 Å². The zero-order valence-electron chi connectivity index (χ0n) is 8.64. The first-order chi connectivity index (χ1) is 6.65. The highest BCUT2D eigenvalue weighted by molar-refractivity contribution is 5.37. The summed E-state index contributed by atoms with van der Waals surface area (Å²) in [4.78, 5) is 6.12. The molecule has 0 saturated carbocycles. The molecule has 0 bridgehead atoms. The molecule has 0 radical (unpaired) electrons. The minimum absolute atomic E-state index is 0.483. The lowest BCUT2D eigenvalue weighted by atomic mass is 10.1. The SMILES string of the molecule is CN(C)c1ccc([C@H](O)CCN)cn1. The average Bonchev–Trinajstić information content (AvgIpc) is 2.18. The maximum atomic E-state index is 9.62. The van der Waals surface area contributed by atoms with Gasteiger partial charge in [0.05, 0.1) is 6.10 Å². The van der Waals surface area contributed by atoms with Crippen LogP contribution in [0.1, 0.15) is 18.1 Å². The summed E-state index contributed by atoms with van der Waals surface area (Å²) in [5.41, 5.74) is 6.18. The second kappa shape index (κ2) is 4.93.